The molecule has 0 bridgehead atoms. The summed E-state index contributed by atoms with van der Waals surface area (Å²) in [6.45, 7) is 2.14. The summed E-state index contributed by atoms with van der Waals surface area (Å²) in [7, 11) is -1.26. The van der Waals surface area contributed by atoms with Crippen molar-refractivity contribution in [3.8, 4) is 0 Å². The Labute approximate surface area is 130 Å². The van der Waals surface area contributed by atoms with Gasteiger partial charge in [-0.3, -0.25) is 0 Å². The molecule has 20 heavy (non-hydrogen) atoms. The molecule has 0 aliphatic rings. The summed E-state index contributed by atoms with van der Waals surface area (Å²) in [6.07, 6.45) is 1.25. The van der Waals surface area contributed by atoms with Crippen molar-refractivity contribution in [1.82, 2.24) is 5.32 Å². The second-order valence-corrected chi connectivity index (χ2v) is 8.23. The maximum Gasteiger partial charge on any atom is 0.148 e. The summed E-state index contributed by atoms with van der Waals surface area (Å²) in [4.78, 5) is 1.02. The molecular formula is C13H20ClNO3S2. The van der Waals surface area contributed by atoms with Crippen molar-refractivity contribution >= 4 is 33.2 Å². The molecule has 1 aromatic carbocycles. The Morgan fingerprint density at radius 2 is 2.15 bits per heavy atom. The van der Waals surface area contributed by atoms with Crippen LogP contribution in [0.15, 0.2) is 23.1 Å². The lowest BCUT2D eigenvalue weighted by atomic mass is 10.2. The lowest BCUT2D eigenvalue weighted by Crippen LogP contribution is -2.19. The smallest absolute Gasteiger partial charge is 0.148 e. The topological polar surface area (TPSA) is 55.4 Å². The fourth-order valence-corrected chi connectivity index (χ4v) is 4.05. The van der Waals surface area contributed by atoms with Crippen molar-refractivity contribution in [2.75, 3.05) is 38.0 Å². The molecule has 0 amide bonds. The molecule has 1 rings (SSSR count). The average molecular weight is 338 g/mol. The van der Waals surface area contributed by atoms with Crippen LogP contribution < -0.4 is 5.32 Å². The van der Waals surface area contributed by atoms with Gasteiger partial charge in [-0.05, 0) is 17.7 Å². The van der Waals surface area contributed by atoms with E-state index in [1.165, 1.54) is 18.0 Å². The molecule has 1 aromatic rings. The van der Waals surface area contributed by atoms with Crippen LogP contribution in [-0.2, 0) is 21.1 Å². The van der Waals surface area contributed by atoms with E-state index in [0.29, 0.717) is 23.9 Å². The minimum absolute atomic E-state index is 0.167. The van der Waals surface area contributed by atoms with Crippen molar-refractivity contribution in [3.63, 3.8) is 0 Å². The first-order valence-corrected chi connectivity index (χ1v) is 9.63. The van der Waals surface area contributed by atoms with Crippen LogP contribution in [-0.4, -0.2) is 46.4 Å². The van der Waals surface area contributed by atoms with Crippen molar-refractivity contribution in [3.05, 3.63) is 28.8 Å². The molecule has 4 nitrogen and oxygen atoms in total. The van der Waals surface area contributed by atoms with Gasteiger partial charge in [0.2, 0.25) is 0 Å². The lowest BCUT2D eigenvalue weighted by Gasteiger charge is -2.10. The Kier molecular flexibility index (Phi) is 7.91. The predicted molar refractivity (Wildman–Crippen MR) is 85.5 cm³/mol. The molecule has 0 aliphatic carbocycles. The first kappa shape index (κ1) is 17.8. The van der Waals surface area contributed by atoms with Crippen LogP contribution in [0.25, 0.3) is 0 Å². The summed E-state index contributed by atoms with van der Waals surface area (Å²) >= 11 is 7.51. The van der Waals surface area contributed by atoms with Crippen molar-refractivity contribution < 1.29 is 13.2 Å². The number of thioether (sulfide) groups is 1. The van der Waals surface area contributed by atoms with Gasteiger partial charge in [0, 0.05) is 42.1 Å². The van der Waals surface area contributed by atoms with Gasteiger partial charge < -0.3 is 10.1 Å². The van der Waals surface area contributed by atoms with Gasteiger partial charge in [0.25, 0.3) is 0 Å². The minimum atomic E-state index is -2.93. The lowest BCUT2D eigenvalue weighted by molar-refractivity contribution is 0.199. The predicted octanol–water partition coefficient (Wildman–Crippen LogP) is 2.21. The number of rotatable bonds is 9. The zero-order chi connectivity index (χ0) is 15.0. The van der Waals surface area contributed by atoms with Crippen LogP contribution >= 0.6 is 23.4 Å². The highest BCUT2D eigenvalue weighted by atomic mass is 35.5. The highest BCUT2D eigenvalue weighted by Gasteiger charge is 2.07. The van der Waals surface area contributed by atoms with E-state index in [1.807, 2.05) is 18.2 Å². The second kappa shape index (κ2) is 8.89. The molecule has 1 N–H and O–H groups in total. The summed E-state index contributed by atoms with van der Waals surface area (Å²) < 4.78 is 27.3. The molecule has 114 valence electrons. The summed E-state index contributed by atoms with van der Waals surface area (Å²) in [6, 6.07) is 5.68. The number of sulfone groups is 1. The Morgan fingerprint density at radius 3 is 2.80 bits per heavy atom. The molecule has 0 unspecified atom stereocenters. The van der Waals surface area contributed by atoms with Crippen molar-refractivity contribution in [2.24, 2.45) is 0 Å². The van der Waals surface area contributed by atoms with E-state index < -0.39 is 9.84 Å². The van der Waals surface area contributed by atoms with Gasteiger partial charge in [-0.1, -0.05) is 17.7 Å². The van der Waals surface area contributed by atoms with Crippen LogP contribution in [0.5, 0.6) is 0 Å². The summed E-state index contributed by atoms with van der Waals surface area (Å²) in [5.41, 5.74) is 1.11. The van der Waals surface area contributed by atoms with Crippen LogP contribution in [0, 0.1) is 0 Å². The number of halogens is 1. The number of methoxy groups -OCH3 is 1. The van der Waals surface area contributed by atoms with Crippen LogP contribution in [0.3, 0.4) is 0 Å². The van der Waals surface area contributed by atoms with Crippen LogP contribution in [0.2, 0.25) is 5.02 Å². The molecular weight excluding hydrogens is 318 g/mol. The second-order valence-electron chi connectivity index (χ2n) is 4.40. The molecule has 0 aliphatic heterocycles. The molecule has 0 fully saturated rings. The highest BCUT2D eigenvalue weighted by molar-refractivity contribution is 8.00. The normalized spacial score (nSPS) is 11.8. The summed E-state index contributed by atoms with van der Waals surface area (Å²) in [5.74, 6) is 0.699. The van der Waals surface area contributed by atoms with Gasteiger partial charge in [0.15, 0.2) is 0 Å². The number of ether oxygens (including phenoxy) is 1. The molecule has 7 heteroatoms. The first-order chi connectivity index (χ1) is 9.42. The van der Waals surface area contributed by atoms with E-state index in [-0.39, 0.29) is 5.75 Å². The minimum Gasteiger partial charge on any atom is -0.383 e. The van der Waals surface area contributed by atoms with E-state index in [1.54, 1.807) is 7.11 Å². The van der Waals surface area contributed by atoms with Gasteiger partial charge in [-0.2, -0.15) is 0 Å². The highest BCUT2D eigenvalue weighted by Crippen LogP contribution is 2.26. The zero-order valence-corrected chi connectivity index (χ0v) is 14.1. The molecule has 0 saturated heterocycles. The molecule has 0 saturated carbocycles. The monoisotopic (exact) mass is 337 g/mol. The average Bonchev–Trinajstić information content (AvgIpc) is 2.35. The van der Waals surface area contributed by atoms with E-state index in [4.69, 9.17) is 16.3 Å². The third kappa shape index (κ3) is 7.50. The van der Waals surface area contributed by atoms with Gasteiger partial charge in [-0.15, -0.1) is 11.8 Å². The van der Waals surface area contributed by atoms with Crippen LogP contribution in [0.4, 0.5) is 0 Å². The van der Waals surface area contributed by atoms with Gasteiger partial charge in [0.1, 0.15) is 9.84 Å². The number of hydrogen-bond acceptors (Lipinski definition) is 5. The molecule has 0 atom stereocenters. The maximum atomic E-state index is 11.2. The molecule has 0 spiro atoms. The Morgan fingerprint density at radius 1 is 1.40 bits per heavy atom. The molecule has 0 heterocycles. The third-order valence-electron chi connectivity index (χ3n) is 2.54. The van der Waals surface area contributed by atoms with E-state index in [9.17, 15) is 8.42 Å². The van der Waals surface area contributed by atoms with Crippen molar-refractivity contribution in [2.45, 2.75) is 11.4 Å². The van der Waals surface area contributed by atoms with Gasteiger partial charge >= 0.3 is 0 Å². The van der Waals surface area contributed by atoms with E-state index in [2.05, 4.69) is 5.32 Å². The van der Waals surface area contributed by atoms with Gasteiger partial charge in [0.05, 0.1) is 12.4 Å². The Balaban J connectivity index is 2.60. The number of nitrogens with one attached hydrogen (secondary N) is 1. The SMILES string of the molecule is COCCNCc1ccc(Cl)cc1SCCS(C)(=O)=O. The Bertz CT molecular complexity index is 520. The van der Waals surface area contributed by atoms with E-state index >= 15 is 0 Å². The third-order valence-corrected chi connectivity index (χ3v) is 5.08. The van der Waals surface area contributed by atoms with Crippen molar-refractivity contribution in [1.29, 1.82) is 0 Å². The van der Waals surface area contributed by atoms with E-state index in [0.717, 1.165) is 17.0 Å². The number of hydrogen-bond donors (Lipinski definition) is 1. The zero-order valence-electron chi connectivity index (χ0n) is 11.7. The van der Waals surface area contributed by atoms with Crippen LogP contribution in [0.1, 0.15) is 5.56 Å². The Hall–Kier alpha value is -0.270. The molecule has 0 radical (unpaired) electrons. The largest absolute Gasteiger partial charge is 0.383 e. The fraction of sp³-hybridized carbons (Fsp3) is 0.538. The summed E-state index contributed by atoms with van der Waals surface area (Å²) in [5, 5.41) is 3.93. The maximum absolute atomic E-state index is 11.2. The number of benzene rings is 1. The van der Waals surface area contributed by atoms with Gasteiger partial charge in [-0.25, -0.2) is 8.42 Å². The standard InChI is InChI=1S/C13H20ClNO3S2/c1-18-6-5-15-10-11-3-4-12(14)9-13(11)19-7-8-20(2,16)17/h3-4,9,15H,5-8,10H2,1-2H3. The first-order valence-electron chi connectivity index (χ1n) is 6.21. The quantitative estimate of drug-likeness (QED) is 0.553. The fourth-order valence-electron chi connectivity index (χ4n) is 1.51. The molecule has 0 aromatic heterocycles.